The van der Waals surface area contributed by atoms with Crippen LogP contribution < -0.4 is 5.32 Å². The number of carboxylic acid groups (broad SMARTS) is 1. The number of aliphatic carboxylic acids is 1. The zero-order valence-electron chi connectivity index (χ0n) is 16.0. The van der Waals surface area contributed by atoms with E-state index < -0.39 is 5.97 Å². The Labute approximate surface area is 151 Å². The van der Waals surface area contributed by atoms with E-state index in [1.807, 2.05) is 16.8 Å². The van der Waals surface area contributed by atoms with Gasteiger partial charge < -0.3 is 15.3 Å². The molecule has 2 rings (SSSR count). The average molecular weight is 354 g/mol. The van der Waals surface area contributed by atoms with Crippen molar-refractivity contribution in [2.45, 2.75) is 70.9 Å². The number of carboxylic acids is 1. The van der Waals surface area contributed by atoms with Crippen LogP contribution in [0.15, 0.2) is 0 Å². The van der Waals surface area contributed by atoms with E-state index in [1.165, 1.54) is 25.7 Å². The van der Waals surface area contributed by atoms with Crippen molar-refractivity contribution < 1.29 is 14.7 Å². The average Bonchev–Trinajstić information content (AvgIpc) is 2.80. The van der Waals surface area contributed by atoms with E-state index in [1.54, 1.807) is 0 Å². The van der Waals surface area contributed by atoms with Gasteiger partial charge in [-0.1, -0.05) is 19.8 Å². The smallest absolute Gasteiger partial charge is 0.317 e. The highest BCUT2D eigenvalue weighted by Crippen LogP contribution is 2.30. The second-order valence-electron chi connectivity index (χ2n) is 8.15. The number of hydrogen-bond donors (Lipinski definition) is 2. The Hall–Kier alpha value is -1.30. The highest BCUT2D eigenvalue weighted by atomic mass is 16.4. The monoisotopic (exact) mass is 353 g/mol. The summed E-state index contributed by atoms with van der Waals surface area (Å²) in [4.78, 5) is 27.3. The molecule has 2 N–H and O–H groups in total. The summed E-state index contributed by atoms with van der Waals surface area (Å²) in [6.45, 7) is 5.98. The van der Waals surface area contributed by atoms with Crippen molar-refractivity contribution >= 4 is 12.0 Å². The third-order valence-corrected chi connectivity index (χ3v) is 6.03. The first kappa shape index (κ1) is 20.0. The maximum atomic E-state index is 12.6. The van der Waals surface area contributed by atoms with Gasteiger partial charge in [-0.2, -0.15) is 0 Å². The number of likely N-dealkylation sites (tertiary alicyclic amines) is 1. The molecule has 1 aliphatic heterocycles. The van der Waals surface area contributed by atoms with Crippen molar-refractivity contribution in [1.29, 1.82) is 0 Å². The molecular formula is C19H35N3O3. The molecule has 1 saturated carbocycles. The predicted octanol–water partition coefficient (Wildman–Crippen LogP) is 2.78. The number of nitrogens with zero attached hydrogens (tertiary/aromatic N) is 2. The Bertz CT molecular complexity index is 457. The van der Waals surface area contributed by atoms with E-state index in [2.05, 4.69) is 19.2 Å². The van der Waals surface area contributed by atoms with E-state index >= 15 is 0 Å². The Morgan fingerprint density at radius 3 is 2.64 bits per heavy atom. The first-order chi connectivity index (χ1) is 11.9. The molecule has 2 aliphatic rings. The van der Waals surface area contributed by atoms with Crippen LogP contribution in [0.25, 0.3) is 0 Å². The number of rotatable bonds is 5. The van der Waals surface area contributed by atoms with E-state index in [0.29, 0.717) is 12.5 Å². The van der Waals surface area contributed by atoms with Crippen LogP contribution in [0.2, 0.25) is 0 Å². The number of carbonyl (C=O) groups excluding carboxylic acids is 1. The van der Waals surface area contributed by atoms with Gasteiger partial charge in [-0.05, 0) is 57.9 Å². The quantitative estimate of drug-likeness (QED) is 0.797. The minimum atomic E-state index is -0.795. The maximum absolute atomic E-state index is 12.6. The molecule has 25 heavy (non-hydrogen) atoms. The van der Waals surface area contributed by atoms with Crippen molar-refractivity contribution in [2.75, 3.05) is 26.7 Å². The number of nitrogens with one attached hydrogen (secondary N) is 1. The van der Waals surface area contributed by atoms with E-state index in [-0.39, 0.29) is 24.7 Å². The lowest BCUT2D eigenvalue weighted by atomic mass is 9.79. The fraction of sp³-hybridized carbons (Fsp3) is 0.895. The van der Waals surface area contributed by atoms with E-state index in [9.17, 15) is 9.59 Å². The number of hydrogen-bond acceptors (Lipinski definition) is 3. The third-order valence-electron chi connectivity index (χ3n) is 6.03. The molecular weight excluding hydrogens is 318 g/mol. The number of likely N-dealkylation sites (N-methyl/N-ethyl adjacent to an activating group) is 1. The topological polar surface area (TPSA) is 72.9 Å². The minimum absolute atomic E-state index is 0.0484. The summed E-state index contributed by atoms with van der Waals surface area (Å²) < 4.78 is 0. The molecule has 144 valence electrons. The molecule has 3 unspecified atom stereocenters. The molecule has 6 heteroatoms. The molecule has 0 spiro atoms. The molecule has 0 radical (unpaired) electrons. The predicted molar refractivity (Wildman–Crippen MR) is 98.6 cm³/mol. The largest absolute Gasteiger partial charge is 0.480 e. The molecule has 1 aliphatic carbocycles. The summed E-state index contributed by atoms with van der Waals surface area (Å²) in [6.07, 6.45) is 7.73. The van der Waals surface area contributed by atoms with Gasteiger partial charge in [0.1, 0.15) is 0 Å². The fourth-order valence-corrected chi connectivity index (χ4v) is 4.40. The van der Waals surface area contributed by atoms with Crippen LogP contribution >= 0.6 is 0 Å². The Morgan fingerprint density at radius 2 is 1.96 bits per heavy atom. The molecule has 0 bridgehead atoms. The highest BCUT2D eigenvalue weighted by molar-refractivity contribution is 5.74. The van der Waals surface area contributed by atoms with Crippen LogP contribution in [0.1, 0.15) is 58.8 Å². The lowest BCUT2D eigenvalue weighted by molar-refractivity contribution is -0.138. The van der Waals surface area contributed by atoms with Crippen LogP contribution in [0.3, 0.4) is 0 Å². The van der Waals surface area contributed by atoms with Gasteiger partial charge in [0.05, 0.1) is 6.54 Å². The van der Waals surface area contributed by atoms with Gasteiger partial charge >= 0.3 is 12.0 Å². The van der Waals surface area contributed by atoms with Crippen molar-refractivity contribution in [3.63, 3.8) is 0 Å². The standard InChI is InChI=1S/C19H35N3O3/c1-14-6-4-7-16(12-14)15(2)20-19(25)22-10-5-8-17(9-11-22)21(3)13-18(23)24/h14-17H,4-13H2,1-3H3,(H,20,25)(H,23,24)/t14?,15-,16?,17?/m0/s1. The Morgan fingerprint density at radius 1 is 1.20 bits per heavy atom. The number of urea groups is 1. The second-order valence-corrected chi connectivity index (χ2v) is 8.15. The normalized spacial score (nSPS) is 29.1. The van der Waals surface area contributed by atoms with Crippen LogP contribution in [0.5, 0.6) is 0 Å². The second kappa shape index (κ2) is 9.41. The lowest BCUT2D eigenvalue weighted by Crippen LogP contribution is -2.47. The molecule has 0 aromatic rings. The van der Waals surface area contributed by atoms with Gasteiger partial charge in [0, 0.05) is 25.2 Å². The van der Waals surface area contributed by atoms with Crippen molar-refractivity contribution in [3.05, 3.63) is 0 Å². The molecule has 0 aromatic carbocycles. The summed E-state index contributed by atoms with van der Waals surface area (Å²) in [5.74, 6) is 0.563. The molecule has 1 saturated heterocycles. The van der Waals surface area contributed by atoms with Crippen LogP contribution in [-0.4, -0.2) is 65.7 Å². The zero-order valence-corrected chi connectivity index (χ0v) is 16.0. The van der Waals surface area contributed by atoms with Gasteiger partial charge in [-0.25, -0.2) is 4.79 Å². The first-order valence-electron chi connectivity index (χ1n) is 9.84. The maximum Gasteiger partial charge on any atom is 0.317 e. The summed E-state index contributed by atoms with van der Waals surface area (Å²) in [6, 6.07) is 0.516. The summed E-state index contributed by atoms with van der Waals surface area (Å²) in [5, 5.41) is 12.2. The Balaban J connectivity index is 1.80. The van der Waals surface area contributed by atoms with Gasteiger partial charge in [-0.3, -0.25) is 9.69 Å². The first-order valence-corrected chi connectivity index (χ1v) is 9.84. The van der Waals surface area contributed by atoms with Crippen LogP contribution in [0.4, 0.5) is 4.79 Å². The molecule has 2 fully saturated rings. The van der Waals surface area contributed by atoms with Gasteiger partial charge in [0.25, 0.3) is 0 Å². The number of amides is 2. The Kier molecular flexibility index (Phi) is 7.54. The summed E-state index contributed by atoms with van der Waals surface area (Å²) in [5.41, 5.74) is 0. The zero-order chi connectivity index (χ0) is 18.4. The van der Waals surface area contributed by atoms with E-state index in [4.69, 9.17) is 5.11 Å². The van der Waals surface area contributed by atoms with Crippen molar-refractivity contribution in [2.24, 2.45) is 11.8 Å². The van der Waals surface area contributed by atoms with Gasteiger partial charge in [0.2, 0.25) is 0 Å². The fourth-order valence-electron chi connectivity index (χ4n) is 4.40. The van der Waals surface area contributed by atoms with Crippen LogP contribution in [-0.2, 0) is 4.79 Å². The highest BCUT2D eigenvalue weighted by Gasteiger charge is 2.28. The molecule has 1 heterocycles. The SMILES string of the molecule is CC1CCCC([C@H](C)NC(=O)N2CCCC(N(C)CC(=O)O)CC2)C1. The number of carbonyl (C=O) groups is 2. The molecule has 6 nitrogen and oxygen atoms in total. The van der Waals surface area contributed by atoms with E-state index in [0.717, 1.165) is 31.7 Å². The van der Waals surface area contributed by atoms with Crippen LogP contribution in [0, 0.1) is 11.8 Å². The van der Waals surface area contributed by atoms with Gasteiger partial charge in [-0.15, -0.1) is 0 Å². The minimum Gasteiger partial charge on any atom is -0.480 e. The third kappa shape index (κ3) is 6.17. The lowest BCUT2D eigenvalue weighted by Gasteiger charge is -2.33. The molecule has 4 atom stereocenters. The van der Waals surface area contributed by atoms with Crippen molar-refractivity contribution in [3.8, 4) is 0 Å². The summed E-state index contributed by atoms with van der Waals surface area (Å²) in [7, 11) is 1.86. The molecule has 0 aromatic heterocycles. The van der Waals surface area contributed by atoms with Gasteiger partial charge in [0.15, 0.2) is 0 Å². The summed E-state index contributed by atoms with van der Waals surface area (Å²) >= 11 is 0. The van der Waals surface area contributed by atoms with Crippen molar-refractivity contribution in [1.82, 2.24) is 15.1 Å². The molecule has 2 amide bonds.